The lowest BCUT2D eigenvalue weighted by Crippen LogP contribution is -2.06. The molecule has 84 valence electrons. The molecule has 0 saturated heterocycles. The lowest BCUT2D eigenvalue weighted by atomic mass is 10.2. The summed E-state index contributed by atoms with van der Waals surface area (Å²) < 4.78 is 0. The van der Waals surface area contributed by atoms with Gasteiger partial charge in [-0.05, 0) is 24.5 Å². The van der Waals surface area contributed by atoms with Crippen LogP contribution in [0.15, 0.2) is 24.5 Å². The zero-order valence-electron chi connectivity index (χ0n) is 9.10. The molecule has 1 aromatic heterocycles. The van der Waals surface area contributed by atoms with Gasteiger partial charge in [0.05, 0.1) is 5.52 Å². The Morgan fingerprint density at radius 1 is 1.38 bits per heavy atom. The minimum absolute atomic E-state index is 0.723. The maximum absolute atomic E-state index is 5.71. The summed E-state index contributed by atoms with van der Waals surface area (Å²) in [5.74, 6) is 1.93. The van der Waals surface area contributed by atoms with Crippen molar-refractivity contribution in [2.24, 2.45) is 0 Å². The van der Waals surface area contributed by atoms with Crippen LogP contribution < -0.4 is 11.1 Å². The first-order valence-corrected chi connectivity index (χ1v) is 6.43. The van der Waals surface area contributed by atoms with Crippen molar-refractivity contribution < 1.29 is 0 Å². The molecule has 0 amide bonds. The number of nitrogens with two attached hydrogens (primary N) is 1. The summed E-state index contributed by atoms with van der Waals surface area (Å²) >= 11 is 1.80. The van der Waals surface area contributed by atoms with Gasteiger partial charge in [-0.3, -0.25) is 0 Å². The largest absolute Gasteiger partial charge is 0.399 e. The zero-order chi connectivity index (χ0) is 11.4. The fourth-order valence-electron chi connectivity index (χ4n) is 1.49. The molecule has 0 spiro atoms. The van der Waals surface area contributed by atoms with E-state index in [1.165, 1.54) is 0 Å². The van der Waals surface area contributed by atoms with E-state index in [1.807, 2.05) is 18.2 Å². The number of benzene rings is 1. The summed E-state index contributed by atoms with van der Waals surface area (Å²) in [5, 5.41) is 4.31. The molecule has 4 nitrogen and oxygen atoms in total. The normalized spacial score (nSPS) is 10.6. The number of fused-ring (bicyclic) bond motifs is 1. The van der Waals surface area contributed by atoms with E-state index in [-0.39, 0.29) is 0 Å². The molecule has 0 aliphatic rings. The van der Waals surface area contributed by atoms with Gasteiger partial charge in [0.15, 0.2) is 0 Å². The smallest absolute Gasteiger partial charge is 0.137 e. The van der Waals surface area contributed by atoms with Crippen LogP contribution in [0, 0.1) is 0 Å². The second-order valence-corrected chi connectivity index (χ2v) is 4.40. The molecule has 1 heterocycles. The van der Waals surface area contributed by atoms with Gasteiger partial charge in [-0.15, -0.1) is 0 Å². The van der Waals surface area contributed by atoms with Gasteiger partial charge in [-0.2, -0.15) is 11.8 Å². The van der Waals surface area contributed by atoms with E-state index >= 15 is 0 Å². The summed E-state index contributed by atoms with van der Waals surface area (Å²) in [6.07, 6.45) is 3.64. The van der Waals surface area contributed by atoms with Gasteiger partial charge >= 0.3 is 0 Å². The van der Waals surface area contributed by atoms with Crippen molar-refractivity contribution in [3.8, 4) is 0 Å². The first-order chi connectivity index (χ1) is 7.81. The second-order valence-electron chi connectivity index (χ2n) is 3.42. The minimum Gasteiger partial charge on any atom is -0.399 e. The molecule has 0 unspecified atom stereocenters. The maximum atomic E-state index is 5.71. The third kappa shape index (κ3) is 2.36. The predicted octanol–water partition coefficient (Wildman–Crippen LogP) is 1.99. The van der Waals surface area contributed by atoms with Crippen LogP contribution in [0.5, 0.6) is 0 Å². The number of hydrogen-bond acceptors (Lipinski definition) is 5. The molecule has 0 saturated carbocycles. The van der Waals surface area contributed by atoms with Gasteiger partial charge in [-0.25, -0.2) is 9.97 Å². The van der Waals surface area contributed by atoms with Gasteiger partial charge in [0.2, 0.25) is 0 Å². The molecule has 0 bridgehead atoms. The molecule has 1 aromatic carbocycles. The van der Waals surface area contributed by atoms with Crippen LogP contribution in [0.4, 0.5) is 11.5 Å². The first kappa shape index (κ1) is 11.0. The molecule has 0 atom stereocenters. The Labute approximate surface area is 98.7 Å². The molecule has 5 heteroatoms. The topological polar surface area (TPSA) is 63.8 Å². The first-order valence-electron chi connectivity index (χ1n) is 5.04. The molecule has 3 N–H and O–H groups in total. The van der Waals surface area contributed by atoms with Crippen molar-refractivity contribution in [3.63, 3.8) is 0 Å². The molecule has 0 radical (unpaired) electrons. The van der Waals surface area contributed by atoms with Crippen LogP contribution in [-0.2, 0) is 0 Å². The van der Waals surface area contributed by atoms with Crippen LogP contribution in [0.25, 0.3) is 10.9 Å². The van der Waals surface area contributed by atoms with Gasteiger partial charge in [0.1, 0.15) is 12.1 Å². The van der Waals surface area contributed by atoms with Crippen LogP contribution >= 0.6 is 11.8 Å². The third-order valence-electron chi connectivity index (χ3n) is 2.26. The SMILES string of the molecule is CSCCNc1ncnc2cc(N)ccc12. The van der Waals surface area contributed by atoms with E-state index in [9.17, 15) is 0 Å². The summed E-state index contributed by atoms with van der Waals surface area (Å²) in [4.78, 5) is 8.43. The number of aromatic nitrogens is 2. The van der Waals surface area contributed by atoms with Crippen molar-refractivity contribution in [3.05, 3.63) is 24.5 Å². The number of thioether (sulfide) groups is 1. The minimum atomic E-state index is 0.723. The quantitative estimate of drug-likeness (QED) is 0.625. The Bertz CT molecular complexity index is 486. The molecular weight excluding hydrogens is 220 g/mol. The van der Waals surface area contributed by atoms with Crippen LogP contribution in [0.3, 0.4) is 0 Å². The van der Waals surface area contributed by atoms with Gasteiger partial charge in [0.25, 0.3) is 0 Å². The van der Waals surface area contributed by atoms with E-state index in [2.05, 4.69) is 21.5 Å². The monoisotopic (exact) mass is 234 g/mol. The fraction of sp³-hybridized carbons (Fsp3) is 0.273. The van der Waals surface area contributed by atoms with E-state index in [4.69, 9.17) is 5.73 Å². The van der Waals surface area contributed by atoms with Crippen LogP contribution in [0.2, 0.25) is 0 Å². The van der Waals surface area contributed by atoms with Gasteiger partial charge < -0.3 is 11.1 Å². The Morgan fingerprint density at radius 3 is 3.06 bits per heavy atom. The van der Waals surface area contributed by atoms with E-state index in [0.29, 0.717) is 0 Å². The second kappa shape index (κ2) is 5.03. The lowest BCUT2D eigenvalue weighted by molar-refractivity contribution is 1.15. The van der Waals surface area contributed by atoms with Crippen LogP contribution in [0.1, 0.15) is 0 Å². The van der Waals surface area contributed by atoms with E-state index < -0.39 is 0 Å². The average molecular weight is 234 g/mol. The third-order valence-corrected chi connectivity index (χ3v) is 2.87. The average Bonchev–Trinajstić information content (AvgIpc) is 2.29. The molecule has 0 fully saturated rings. The Balaban J connectivity index is 2.30. The predicted molar refractivity (Wildman–Crippen MR) is 70.8 cm³/mol. The van der Waals surface area contributed by atoms with Gasteiger partial charge in [-0.1, -0.05) is 0 Å². The highest BCUT2D eigenvalue weighted by molar-refractivity contribution is 7.98. The number of anilines is 2. The fourth-order valence-corrected chi connectivity index (χ4v) is 1.79. The summed E-state index contributed by atoms with van der Waals surface area (Å²) in [5.41, 5.74) is 7.31. The lowest BCUT2D eigenvalue weighted by Gasteiger charge is -2.07. The summed E-state index contributed by atoms with van der Waals surface area (Å²) in [7, 11) is 0. The Morgan fingerprint density at radius 2 is 2.25 bits per heavy atom. The number of rotatable bonds is 4. The van der Waals surface area contributed by atoms with Crippen molar-refractivity contribution >= 4 is 34.2 Å². The van der Waals surface area contributed by atoms with E-state index in [0.717, 1.165) is 34.7 Å². The molecule has 2 aromatic rings. The molecule has 2 rings (SSSR count). The number of nitrogen functional groups attached to an aromatic ring is 1. The van der Waals surface area contributed by atoms with Crippen LogP contribution in [-0.4, -0.2) is 28.5 Å². The molecular formula is C11H14N4S. The highest BCUT2D eigenvalue weighted by atomic mass is 32.2. The summed E-state index contributed by atoms with van der Waals surface area (Å²) in [6, 6.07) is 5.67. The van der Waals surface area contributed by atoms with E-state index in [1.54, 1.807) is 18.1 Å². The Hall–Kier alpha value is -1.49. The maximum Gasteiger partial charge on any atom is 0.137 e. The molecule has 0 aliphatic heterocycles. The van der Waals surface area contributed by atoms with Crippen molar-refractivity contribution in [2.75, 3.05) is 29.6 Å². The van der Waals surface area contributed by atoms with Crippen molar-refractivity contribution in [2.45, 2.75) is 0 Å². The highest BCUT2D eigenvalue weighted by Gasteiger charge is 2.02. The zero-order valence-corrected chi connectivity index (χ0v) is 9.92. The molecule has 0 aliphatic carbocycles. The van der Waals surface area contributed by atoms with Crippen molar-refractivity contribution in [1.29, 1.82) is 0 Å². The number of nitrogens with one attached hydrogen (secondary N) is 1. The van der Waals surface area contributed by atoms with Crippen molar-refractivity contribution in [1.82, 2.24) is 9.97 Å². The summed E-state index contributed by atoms with van der Waals surface area (Å²) in [6.45, 7) is 0.900. The number of nitrogens with zero attached hydrogens (tertiary/aromatic N) is 2. The molecule has 16 heavy (non-hydrogen) atoms. The standard InChI is InChI=1S/C11H14N4S/c1-16-5-4-13-11-9-3-2-8(12)6-10(9)14-7-15-11/h2-3,6-7H,4-5,12H2,1H3,(H,13,14,15). The Kier molecular flexibility index (Phi) is 3.46. The number of hydrogen-bond donors (Lipinski definition) is 2. The van der Waals surface area contributed by atoms with Gasteiger partial charge in [0, 0.05) is 23.4 Å². The highest BCUT2D eigenvalue weighted by Crippen LogP contribution is 2.20.